The number of anilines is 1. The topological polar surface area (TPSA) is 52.2 Å². The summed E-state index contributed by atoms with van der Waals surface area (Å²) in [5.41, 5.74) is 0.0333. The lowest BCUT2D eigenvalue weighted by molar-refractivity contribution is 0.138. The fourth-order valence-electron chi connectivity index (χ4n) is 2.33. The van der Waals surface area contributed by atoms with Crippen LogP contribution in [0.1, 0.15) is 39.4 Å². The number of aromatic amines is 1. The maximum Gasteiger partial charge on any atom is 0.252 e. The predicted octanol–water partition coefficient (Wildman–Crippen LogP) is 1.42. The zero-order valence-corrected chi connectivity index (χ0v) is 12.5. The maximum absolute atomic E-state index is 11.8. The lowest BCUT2D eigenvalue weighted by Crippen LogP contribution is -2.58. The molecule has 2 rings (SSSR count). The van der Waals surface area contributed by atoms with Crippen LogP contribution >= 0.6 is 0 Å². The smallest absolute Gasteiger partial charge is 0.252 e. The van der Waals surface area contributed by atoms with Crippen LogP contribution in [0.4, 0.5) is 5.82 Å². The normalized spacial score (nSPS) is 20.0. The van der Waals surface area contributed by atoms with Crippen LogP contribution < -0.4 is 10.5 Å². The van der Waals surface area contributed by atoms with Crippen molar-refractivity contribution < 1.29 is 0 Å². The average Bonchev–Trinajstić information content (AvgIpc) is 2.31. The Kier molecular flexibility index (Phi) is 3.67. The van der Waals surface area contributed by atoms with Crippen LogP contribution in [-0.2, 0) is 0 Å². The van der Waals surface area contributed by atoms with Crippen molar-refractivity contribution in [3.63, 3.8) is 0 Å². The highest BCUT2D eigenvalue weighted by atomic mass is 16.1. The van der Waals surface area contributed by atoms with E-state index in [-0.39, 0.29) is 17.0 Å². The van der Waals surface area contributed by atoms with Gasteiger partial charge in [-0.3, -0.25) is 9.69 Å². The third-order valence-electron chi connectivity index (χ3n) is 3.93. The summed E-state index contributed by atoms with van der Waals surface area (Å²) in [7, 11) is 2.14. The van der Waals surface area contributed by atoms with Crippen molar-refractivity contribution in [1.82, 2.24) is 14.9 Å². The average molecular weight is 264 g/mol. The van der Waals surface area contributed by atoms with E-state index in [2.05, 4.69) is 40.7 Å². The molecule has 0 spiro atoms. The van der Waals surface area contributed by atoms with Gasteiger partial charge in [-0.25, -0.2) is 4.98 Å². The molecule has 1 aliphatic rings. The minimum Gasteiger partial charge on any atom is -0.353 e. The Morgan fingerprint density at radius 2 is 2.05 bits per heavy atom. The second kappa shape index (κ2) is 4.96. The van der Waals surface area contributed by atoms with Crippen LogP contribution in [0.5, 0.6) is 0 Å². The molecule has 1 aliphatic heterocycles. The Labute approximate surface area is 114 Å². The third kappa shape index (κ3) is 2.97. The molecule has 19 heavy (non-hydrogen) atoms. The molecular weight excluding hydrogens is 240 g/mol. The van der Waals surface area contributed by atoms with Crippen molar-refractivity contribution in [3.8, 4) is 0 Å². The Bertz CT molecular complexity index is 506. The van der Waals surface area contributed by atoms with Gasteiger partial charge in [0.1, 0.15) is 11.6 Å². The van der Waals surface area contributed by atoms with E-state index in [1.807, 2.05) is 13.8 Å². The Morgan fingerprint density at radius 3 is 2.63 bits per heavy atom. The third-order valence-corrected chi connectivity index (χ3v) is 3.93. The second-order valence-corrected chi connectivity index (χ2v) is 6.30. The van der Waals surface area contributed by atoms with E-state index in [0.29, 0.717) is 0 Å². The SMILES string of the molecule is CC(C)c1nc(N2CCN(C)C(C)(C)C2)cc(=O)[nH]1. The van der Waals surface area contributed by atoms with E-state index < -0.39 is 0 Å². The lowest BCUT2D eigenvalue weighted by Gasteiger charge is -2.45. The highest BCUT2D eigenvalue weighted by molar-refractivity contribution is 5.39. The van der Waals surface area contributed by atoms with Crippen molar-refractivity contribution >= 4 is 5.82 Å². The van der Waals surface area contributed by atoms with Gasteiger partial charge in [0, 0.05) is 37.2 Å². The number of aromatic nitrogens is 2. The number of hydrogen-bond donors (Lipinski definition) is 1. The van der Waals surface area contributed by atoms with Crippen LogP contribution in [0, 0.1) is 0 Å². The van der Waals surface area contributed by atoms with Crippen LogP contribution in [0.3, 0.4) is 0 Å². The van der Waals surface area contributed by atoms with Gasteiger partial charge in [0.25, 0.3) is 5.56 Å². The summed E-state index contributed by atoms with van der Waals surface area (Å²) in [4.78, 5) is 23.7. The molecule has 1 saturated heterocycles. The summed E-state index contributed by atoms with van der Waals surface area (Å²) in [6.45, 7) is 11.3. The van der Waals surface area contributed by atoms with Crippen molar-refractivity contribution in [2.24, 2.45) is 0 Å². The number of H-pyrrole nitrogens is 1. The van der Waals surface area contributed by atoms with Gasteiger partial charge in [-0.2, -0.15) is 0 Å². The molecule has 1 N–H and O–H groups in total. The molecule has 0 radical (unpaired) electrons. The molecule has 5 heteroatoms. The fraction of sp³-hybridized carbons (Fsp3) is 0.714. The van der Waals surface area contributed by atoms with E-state index in [1.54, 1.807) is 6.07 Å². The molecule has 0 saturated carbocycles. The summed E-state index contributed by atoms with van der Waals surface area (Å²) in [6, 6.07) is 1.60. The monoisotopic (exact) mass is 264 g/mol. The first-order valence-electron chi connectivity index (χ1n) is 6.87. The van der Waals surface area contributed by atoms with Gasteiger partial charge in [0.05, 0.1) is 0 Å². The van der Waals surface area contributed by atoms with Crippen molar-refractivity contribution in [2.75, 3.05) is 31.6 Å². The molecule has 0 bridgehead atoms. The van der Waals surface area contributed by atoms with Crippen molar-refractivity contribution in [1.29, 1.82) is 0 Å². The maximum atomic E-state index is 11.8. The fourth-order valence-corrected chi connectivity index (χ4v) is 2.33. The van der Waals surface area contributed by atoms with Crippen LogP contribution in [0.2, 0.25) is 0 Å². The van der Waals surface area contributed by atoms with Gasteiger partial charge >= 0.3 is 0 Å². The minimum atomic E-state index is -0.0644. The van der Waals surface area contributed by atoms with E-state index in [9.17, 15) is 4.79 Å². The van der Waals surface area contributed by atoms with Crippen LogP contribution in [-0.4, -0.2) is 47.1 Å². The molecule has 106 valence electrons. The first-order valence-corrected chi connectivity index (χ1v) is 6.87. The van der Waals surface area contributed by atoms with Gasteiger partial charge in [0.2, 0.25) is 0 Å². The summed E-state index contributed by atoms with van der Waals surface area (Å²) in [5, 5.41) is 0. The highest BCUT2D eigenvalue weighted by Crippen LogP contribution is 2.23. The number of nitrogens with zero attached hydrogens (tertiary/aromatic N) is 3. The lowest BCUT2D eigenvalue weighted by atomic mass is 10.00. The number of rotatable bonds is 2. The summed E-state index contributed by atoms with van der Waals surface area (Å²) >= 11 is 0. The van der Waals surface area contributed by atoms with Crippen molar-refractivity contribution in [2.45, 2.75) is 39.2 Å². The molecule has 1 aromatic heterocycles. The molecular formula is C14H24N4O. The molecule has 0 amide bonds. The zero-order chi connectivity index (χ0) is 14.2. The van der Waals surface area contributed by atoms with Gasteiger partial charge in [-0.05, 0) is 20.9 Å². The van der Waals surface area contributed by atoms with Gasteiger partial charge in [-0.1, -0.05) is 13.8 Å². The highest BCUT2D eigenvalue weighted by Gasteiger charge is 2.31. The van der Waals surface area contributed by atoms with E-state index >= 15 is 0 Å². The van der Waals surface area contributed by atoms with E-state index in [4.69, 9.17) is 0 Å². The number of hydrogen-bond acceptors (Lipinski definition) is 4. The molecule has 0 aliphatic carbocycles. The quantitative estimate of drug-likeness (QED) is 0.878. The summed E-state index contributed by atoms with van der Waals surface area (Å²) in [5.74, 6) is 1.79. The first kappa shape index (κ1) is 14.1. The molecule has 2 heterocycles. The number of piperazine rings is 1. The van der Waals surface area contributed by atoms with E-state index in [0.717, 1.165) is 31.3 Å². The Morgan fingerprint density at radius 1 is 1.37 bits per heavy atom. The molecule has 5 nitrogen and oxygen atoms in total. The Hall–Kier alpha value is -1.36. The number of nitrogens with one attached hydrogen (secondary N) is 1. The van der Waals surface area contributed by atoms with Crippen LogP contribution in [0.25, 0.3) is 0 Å². The standard InChI is InChI=1S/C14H24N4O/c1-10(2)13-15-11(8-12(19)16-13)18-7-6-17(5)14(3,4)9-18/h8,10H,6-7,9H2,1-5H3,(H,15,16,19). The minimum absolute atomic E-state index is 0.0644. The van der Waals surface area contributed by atoms with Crippen molar-refractivity contribution in [3.05, 3.63) is 22.2 Å². The molecule has 1 fully saturated rings. The Balaban J connectivity index is 2.30. The second-order valence-electron chi connectivity index (χ2n) is 6.30. The molecule has 0 unspecified atom stereocenters. The largest absolute Gasteiger partial charge is 0.353 e. The van der Waals surface area contributed by atoms with Gasteiger partial charge < -0.3 is 9.88 Å². The number of likely N-dealkylation sites (N-methyl/N-ethyl adjacent to an activating group) is 1. The summed E-state index contributed by atoms with van der Waals surface area (Å²) < 4.78 is 0. The van der Waals surface area contributed by atoms with Gasteiger partial charge in [-0.15, -0.1) is 0 Å². The first-order chi connectivity index (χ1) is 8.79. The molecule has 0 aromatic carbocycles. The van der Waals surface area contributed by atoms with Gasteiger partial charge in [0.15, 0.2) is 0 Å². The van der Waals surface area contributed by atoms with E-state index in [1.165, 1.54) is 0 Å². The van der Waals surface area contributed by atoms with Crippen LogP contribution in [0.15, 0.2) is 10.9 Å². The zero-order valence-electron chi connectivity index (χ0n) is 12.5. The molecule has 0 atom stereocenters. The molecule has 1 aromatic rings. The predicted molar refractivity (Wildman–Crippen MR) is 77.9 cm³/mol. The summed E-state index contributed by atoms with van der Waals surface area (Å²) in [6.07, 6.45) is 0.